The minimum Gasteiger partial charge on any atom is -0.490 e. The zero-order valence-electron chi connectivity index (χ0n) is 24.0. The summed E-state index contributed by atoms with van der Waals surface area (Å²) in [6.07, 6.45) is 2.86. The number of likely N-dealkylation sites (tertiary alicyclic amines) is 1. The topological polar surface area (TPSA) is 106 Å². The van der Waals surface area contributed by atoms with Gasteiger partial charge in [0, 0.05) is 56.2 Å². The fourth-order valence-electron chi connectivity index (χ4n) is 4.98. The molecule has 1 aliphatic heterocycles. The molecule has 0 aromatic heterocycles. The number of ether oxygens (including phenoxy) is 1. The number of anilines is 1. The van der Waals surface area contributed by atoms with Crippen molar-refractivity contribution < 1.29 is 9.53 Å². The van der Waals surface area contributed by atoms with E-state index in [0.717, 1.165) is 72.1 Å². The van der Waals surface area contributed by atoms with Gasteiger partial charge in [-0.3, -0.25) is 10.8 Å². The lowest BCUT2D eigenvalue weighted by molar-refractivity contribution is -0.108. The molecule has 208 valence electrons. The Morgan fingerprint density at radius 2 is 1.77 bits per heavy atom. The summed E-state index contributed by atoms with van der Waals surface area (Å²) in [6.45, 7) is 13.0. The van der Waals surface area contributed by atoms with Crippen LogP contribution in [0.25, 0.3) is 10.8 Å². The van der Waals surface area contributed by atoms with Gasteiger partial charge in [0.1, 0.15) is 24.0 Å². The molecular formula is C32H43N5O2. The predicted octanol–water partition coefficient (Wildman–Crippen LogP) is 6.32. The first-order valence-corrected chi connectivity index (χ1v) is 14.0. The molecule has 0 aliphatic carbocycles. The van der Waals surface area contributed by atoms with Crippen LogP contribution in [-0.2, 0) is 11.3 Å². The third-order valence-electron chi connectivity index (χ3n) is 7.22. The summed E-state index contributed by atoms with van der Waals surface area (Å²) in [5, 5.41) is 17.7. The monoisotopic (exact) mass is 529 g/mol. The van der Waals surface area contributed by atoms with Gasteiger partial charge in [0.05, 0.1) is 5.84 Å². The van der Waals surface area contributed by atoms with Gasteiger partial charge >= 0.3 is 0 Å². The maximum atomic E-state index is 11.8. The molecule has 1 fully saturated rings. The van der Waals surface area contributed by atoms with Crippen LogP contribution in [0.5, 0.6) is 5.75 Å². The fraction of sp³-hybridized carbons (Fsp3) is 0.406. The number of hydrogen-bond acceptors (Lipinski definition) is 5. The number of carbonyl (C=O) groups excluding carboxylic acids is 1. The molecule has 7 nitrogen and oxygen atoms in total. The fourth-order valence-corrected chi connectivity index (χ4v) is 4.98. The van der Waals surface area contributed by atoms with Gasteiger partial charge in [-0.05, 0) is 66.1 Å². The van der Waals surface area contributed by atoms with Crippen molar-refractivity contribution in [3.05, 3.63) is 71.3 Å². The Morgan fingerprint density at radius 3 is 2.38 bits per heavy atom. The summed E-state index contributed by atoms with van der Waals surface area (Å²) < 4.78 is 6.32. The number of nitrogens with one attached hydrogen (secondary N) is 2. The van der Waals surface area contributed by atoms with Crippen LogP contribution in [0.15, 0.2) is 54.6 Å². The molecule has 1 aliphatic rings. The number of rotatable bonds is 9. The summed E-state index contributed by atoms with van der Waals surface area (Å²) in [5.74, 6) is 1.20. The third-order valence-corrected chi connectivity index (χ3v) is 7.22. The van der Waals surface area contributed by atoms with E-state index in [9.17, 15) is 4.79 Å². The van der Waals surface area contributed by atoms with E-state index in [2.05, 4.69) is 41.0 Å². The van der Waals surface area contributed by atoms with Crippen molar-refractivity contribution in [2.75, 3.05) is 24.5 Å². The minimum absolute atomic E-state index is 0.0627. The minimum atomic E-state index is -0.260. The lowest BCUT2D eigenvalue weighted by Gasteiger charge is -2.33. The van der Waals surface area contributed by atoms with Crippen molar-refractivity contribution in [1.29, 1.82) is 10.8 Å². The van der Waals surface area contributed by atoms with Crippen LogP contribution in [0.3, 0.4) is 0 Å². The predicted molar refractivity (Wildman–Crippen MR) is 163 cm³/mol. The molecule has 4 rings (SSSR count). The quantitative estimate of drug-likeness (QED) is 0.171. The number of piperidine rings is 1. The van der Waals surface area contributed by atoms with Gasteiger partial charge in [0.25, 0.3) is 0 Å². The van der Waals surface area contributed by atoms with E-state index in [-0.39, 0.29) is 17.9 Å². The number of hydrogen-bond donors (Lipinski definition) is 3. The van der Waals surface area contributed by atoms with Gasteiger partial charge in [-0.2, -0.15) is 0 Å². The van der Waals surface area contributed by atoms with Gasteiger partial charge in [0.15, 0.2) is 0 Å². The van der Waals surface area contributed by atoms with Crippen molar-refractivity contribution >= 4 is 34.4 Å². The number of aldehydes is 1. The molecule has 1 saturated heterocycles. The van der Waals surface area contributed by atoms with Crippen LogP contribution in [0.4, 0.5) is 5.69 Å². The second kappa shape index (κ2) is 13.8. The highest BCUT2D eigenvalue weighted by atomic mass is 16.5. The summed E-state index contributed by atoms with van der Waals surface area (Å²) >= 11 is 0. The molecule has 4 N–H and O–H groups in total. The number of benzene rings is 3. The highest BCUT2D eigenvalue weighted by molar-refractivity contribution is 5.99. The molecule has 0 amide bonds. The molecule has 1 heterocycles. The SMILES string of the molecule is CC.CCN(Cc1ccc2ccc(C(=N)N)cc2c1)c1ccc(OC2CCN(C(C)=N)CC2)cc1C(C)C=O. The van der Waals surface area contributed by atoms with E-state index >= 15 is 0 Å². The van der Waals surface area contributed by atoms with Gasteiger partial charge < -0.3 is 25.1 Å². The summed E-state index contributed by atoms with van der Waals surface area (Å²) in [5.41, 5.74) is 9.55. The van der Waals surface area contributed by atoms with Crippen molar-refractivity contribution in [3.8, 4) is 5.75 Å². The number of fused-ring (bicyclic) bond motifs is 1. The van der Waals surface area contributed by atoms with Gasteiger partial charge in [-0.15, -0.1) is 0 Å². The number of carbonyl (C=O) groups is 1. The van der Waals surface area contributed by atoms with E-state index in [4.69, 9.17) is 21.3 Å². The lowest BCUT2D eigenvalue weighted by Crippen LogP contribution is -2.40. The number of nitrogen functional groups attached to an aromatic ring is 1. The van der Waals surface area contributed by atoms with Gasteiger partial charge in [-0.25, -0.2) is 0 Å². The zero-order valence-corrected chi connectivity index (χ0v) is 24.0. The standard InChI is InChI=1S/C30H37N5O2.C2H6/c1-4-34(18-22-5-6-23-7-8-24(30(32)33)16-25(23)15-22)29-10-9-27(17-28(29)20(2)19-36)37-26-11-13-35(14-12-26)21(3)31;1-2/h5-10,15-17,19-20,26,31H,4,11-14,18H2,1-3H3,(H3,32,33);1-2H3. The van der Waals surface area contributed by atoms with Crippen LogP contribution in [0.2, 0.25) is 0 Å². The highest BCUT2D eigenvalue weighted by Gasteiger charge is 2.22. The molecule has 0 bridgehead atoms. The van der Waals surface area contributed by atoms with E-state index in [1.165, 1.54) is 0 Å². The summed E-state index contributed by atoms with van der Waals surface area (Å²) in [7, 11) is 0. The van der Waals surface area contributed by atoms with Crippen LogP contribution in [0.1, 0.15) is 70.1 Å². The lowest BCUT2D eigenvalue weighted by atomic mass is 9.98. The van der Waals surface area contributed by atoms with Crippen LogP contribution < -0.4 is 15.4 Å². The average Bonchev–Trinajstić information content (AvgIpc) is 2.96. The molecule has 3 aromatic carbocycles. The maximum Gasteiger partial charge on any atom is 0.127 e. The molecule has 3 aromatic rings. The smallest absolute Gasteiger partial charge is 0.127 e. The Hall–Kier alpha value is -3.87. The highest BCUT2D eigenvalue weighted by Crippen LogP contribution is 2.33. The Morgan fingerprint density at radius 1 is 1.08 bits per heavy atom. The molecular weight excluding hydrogens is 486 g/mol. The first-order valence-electron chi connectivity index (χ1n) is 14.0. The third kappa shape index (κ3) is 7.37. The zero-order chi connectivity index (χ0) is 28.5. The summed E-state index contributed by atoms with van der Waals surface area (Å²) in [6, 6.07) is 18.3. The van der Waals surface area contributed by atoms with Crippen LogP contribution in [-0.4, -0.2) is 48.6 Å². The Bertz CT molecular complexity index is 1300. The van der Waals surface area contributed by atoms with Gasteiger partial charge in [0.2, 0.25) is 0 Å². The average molecular weight is 530 g/mol. The van der Waals surface area contributed by atoms with Crippen molar-refractivity contribution in [2.24, 2.45) is 5.73 Å². The number of nitrogens with two attached hydrogens (primary N) is 1. The van der Waals surface area contributed by atoms with E-state index in [1.807, 2.05) is 58.0 Å². The Kier molecular flexibility index (Phi) is 10.5. The molecule has 0 spiro atoms. The Labute approximate surface area is 233 Å². The molecule has 7 heteroatoms. The van der Waals surface area contributed by atoms with E-state index in [0.29, 0.717) is 17.9 Å². The first-order chi connectivity index (χ1) is 18.8. The normalized spacial score (nSPS) is 14.2. The largest absolute Gasteiger partial charge is 0.490 e. The van der Waals surface area contributed by atoms with E-state index < -0.39 is 0 Å². The van der Waals surface area contributed by atoms with Crippen molar-refractivity contribution in [1.82, 2.24) is 4.90 Å². The molecule has 1 unspecified atom stereocenters. The van der Waals surface area contributed by atoms with Crippen LogP contribution >= 0.6 is 0 Å². The Balaban J connectivity index is 0.00000205. The van der Waals surface area contributed by atoms with E-state index in [1.54, 1.807) is 0 Å². The summed E-state index contributed by atoms with van der Waals surface area (Å²) in [4.78, 5) is 16.2. The van der Waals surface area contributed by atoms with Crippen LogP contribution in [0, 0.1) is 10.8 Å². The molecule has 0 saturated carbocycles. The number of nitrogens with zero attached hydrogens (tertiary/aromatic N) is 2. The molecule has 1 atom stereocenters. The molecule has 0 radical (unpaired) electrons. The maximum absolute atomic E-state index is 11.8. The van der Waals surface area contributed by atoms with Gasteiger partial charge in [-0.1, -0.05) is 45.0 Å². The van der Waals surface area contributed by atoms with Crippen molar-refractivity contribution in [3.63, 3.8) is 0 Å². The number of amidine groups is 2. The second-order valence-corrected chi connectivity index (χ2v) is 9.86. The van der Waals surface area contributed by atoms with Crippen molar-refractivity contribution in [2.45, 2.75) is 66.0 Å². The first kappa shape index (κ1) is 29.7. The second-order valence-electron chi connectivity index (χ2n) is 9.86. The molecule has 39 heavy (non-hydrogen) atoms.